The summed E-state index contributed by atoms with van der Waals surface area (Å²) in [5.41, 5.74) is 3.57. The van der Waals surface area contributed by atoms with Crippen molar-refractivity contribution in [3.8, 4) is 5.69 Å². The van der Waals surface area contributed by atoms with E-state index in [0.29, 0.717) is 29.7 Å². The number of pyridine rings is 1. The monoisotopic (exact) mass is 347 g/mol. The summed E-state index contributed by atoms with van der Waals surface area (Å²) in [5, 5.41) is 11.2. The van der Waals surface area contributed by atoms with E-state index in [4.69, 9.17) is 4.42 Å². The van der Waals surface area contributed by atoms with Crippen LogP contribution in [0, 0.1) is 6.92 Å². The summed E-state index contributed by atoms with van der Waals surface area (Å²) in [6, 6.07) is 12.9. The number of fused-ring (bicyclic) bond motifs is 1. The number of hydrogen-bond acceptors (Lipinski definition) is 5. The van der Waals surface area contributed by atoms with E-state index in [1.165, 1.54) is 0 Å². The highest BCUT2D eigenvalue weighted by Crippen LogP contribution is 2.20. The van der Waals surface area contributed by atoms with E-state index >= 15 is 0 Å². The lowest BCUT2D eigenvalue weighted by Gasteiger charge is -2.11. The van der Waals surface area contributed by atoms with Gasteiger partial charge in [0.2, 0.25) is 0 Å². The predicted octanol–water partition coefficient (Wildman–Crippen LogP) is 2.69. The lowest BCUT2D eigenvalue weighted by Crippen LogP contribution is -2.26. The minimum Gasteiger partial charge on any atom is -0.469 e. The second-order valence-corrected chi connectivity index (χ2v) is 5.88. The van der Waals surface area contributed by atoms with Gasteiger partial charge in [0.15, 0.2) is 5.65 Å². The third-order valence-corrected chi connectivity index (χ3v) is 4.22. The van der Waals surface area contributed by atoms with Crippen molar-refractivity contribution in [1.29, 1.82) is 0 Å². The molecule has 0 atom stereocenters. The van der Waals surface area contributed by atoms with E-state index in [9.17, 15) is 4.79 Å². The van der Waals surface area contributed by atoms with Crippen molar-refractivity contribution in [1.82, 2.24) is 25.3 Å². The Kier molecular flexibility index (Phi) is 4.18. The Morgan fingerprint density at radius 2 is 2.12 bits per heavy atom. The summed E-state index contributed by atoms with van der Waals surface area (Å²) < 4.78 is 6.93. The highest BCUT2D eigenvalue weighted by atomic mass is 16.3. The lowest BCUT2D eigenvalue weighted by molar-refractivity contribution is 0.0953. The van der Waals surface area contributed by atoms with Crippen molar-refractivity contribution < 1.29 is 9.21 Å². The number of nitrogens with zero attached hydrogens (tertiary/aromatic N) is 4. The quantitative estimate of drug-likeness (QED) is 0.600. The number of nitrogens with one attached hydrogen (secondary N) is 1. The van der Waals surface area contributed by atoms with Crippen molar-refractivity contribution in [3.05, 3.63) is 71.8 Å². The van der Waals surface area contributed by atoms with Crippen molar-refractivity contribution in [2.45, 2.75) is 13.3 Å². The molecule has 3 heterocycles. The third kappa shape index (κ3) is 2.95. The molecular formula is C19H17N5O2. The number of benzene rings is 1. The fraction of sp³-hybridized carbons (Fsp3) is 0.158. The van der Waals surface area contributed by atoms with Gasteiger partial charge in [0, 0.05) is 24.7 Å². The van der Waals surface area contributed by atoms with Crippen LogP contribution in [0.25, 0.3) is 16.9 Å². The van der Waals surface area contributed by atoms with E-state index in [0.717, 1.165) is 17.0 Å². The smallest absolute Gasteiger partial charge is 0.251 e. The lowest BCUT2D eigenvalue weighted by atomic mass is 10.1. The van der Waals surface area contributed by atoms with Crippen LogP contribution in [0.4, 0.5) is 0 Å². The zero-order chi connectivity index (χ0) is 17.9. The molecule has 4 aromatic rings. The van der Waals surface area contributed by atoms with Gasteiger partial charge < -0.3 is 9.73 Å². The van der Waals surface area contributed by atoms with Gasteiger partial charge in [-0.25, -0.2) is 4.98 Å². The molecule has 0 unspecified atom stereocenters. The van der Waals surface area contributed by atoms with Gasteiger partial charge in [-0.1, -0.05) is 11.3 Å². The molecule has 3 aromatic heterocycles. The molecule has 0 saturated heterocycles. The average molecular weight is 347 g/mol. The Hall–Kier alpha value is -3.48. The molecule has 0 bridgehead atoms. The fourth-order valence-electron chi connectivity index (χ4n) is 2.88. The van der Waals surface area contributed by atoms with Gasteiger partial charge in [0.05, 0.1) is 12.0 Å². The van der Waals surface area contributed by atoms with Crippen LogP contribution in [0.3, 0.4) is 0 Å². The number of hydrogen-bond donors (Lipinski definition) is 1. The normalized spacial score (nSPS) is 11.0. The van der Waals surface area contributed by atoms with E-state index in [1.54, 1.807) is 23.2 Å². The highest BCUT2D eigenvalue weighted by molar-refractivity contribution is 5.96. The standard InChI is InChI=1S/C19H17N5O2/c1-13-15(19(25)21-11-9-14-5-4-12-26-14)6-2-8-17(13)24-18-16(22-23-24)7-3-10-20-18/h2-8,10,12H,9,11H2,1H3,(H,21,25). The molecule has 0 aliphatic carbocycles. The molecule has 4 rings (SSSR count). The Morgan fingerprint density at radius 3 is 2.96 bits per heavy atom. The van der Waals surface area contributed by atoms with Gasteiger partial charge in [0.25, 0.3) is 5.91 Å². The van der Waals surface area contributed by atoms with Crippen LogP contribution in [-0.4, -0.2) is 32.4 Å². The van der Waals surface area contributed by atoms with Gasteiger partial charge in [-0.15, -0.1) is 5.10 Å². The molecule has 1 amide bonds. The van der Waals surface area contributed by atoms with Gasteiger partial charge in [-0.3, -0.25) is 4.79 Å². The van der Waals surface area contributed by atoms with Gasteiger partial charge in [-0.05, 0) is 48.9 Å². The Labute approximate surface area is 149 Å². The molecule has 0 fully saturated rings. The van der Waals surface area contributed by atoms with Gasteiger partial charge in [-0.2, -0.15) is 4.68 Å². The van der Waals surface area contributed by atoms with E-state index < -0.39 is 0 Å². The molecule has 1 N–H and O–H groups in total. The summed E-state index contributed by atoms with van der Waals surface area (Å²) >= 11 is 0. The molecule has 0 aliphatic rings. The Morgan fingerprint density at radius 1 is 1.19 bits per heavy atom. The van der Waals surface area contributed by atoms with Crippen molar-refractivity contribution in [2.24, 2.45) is 0 Å². The highest BCUT2D eigenvalue weighted by Gasteiger charge is 2.15. The van der Waals surface area contributed by atoms with E-state index in [2.05, 4.69) is 20.6 Å². The molecule has 26 heavy (non-hydrogen) atoms. The van der Waals surface area contributed by atoms with Crippen molar-refractivity contribution >= 4 is 17.1 Å². The number of rotatable bonds is 5. The molecule has 0 saturated carbocycles. The minimum atomic E-state index is -0.131. The maximum atomic E-state index is 12.6. The molecular weight excluding hydrogens is 330 g/mol. The van der Waals surface area contributed by atoms with E-state index in [1.807, 2.05) is 43.3 Å². The molecule has 0 radical (unpaired) electrons. The molecule has 7 nitrogen and oxygen atoms in total. The maximum Gasteiger partial charge on any atom is 0.251 e. The first-order valence-electron chi connectivity index (χ1n) is 8.31. The Balaban J connectivity index is 1.58. The summed E-state index contributed by atoms with van der Waals surface area (Å²) in [4.78, 5) is 16.9. The van der Waals surface area contributed by atoms with Crippen LogP contribution in [0.2, 0.25) is 0 Å². The van der Waals surface area contributed by atoms with Crippen LogP contribution in [0.15, 0.2) is 59.3 Å². The topological polar surface area (TPSA) is 85.8 Å². The van der Waals surface area contributed by atoms with Gasteiger partial charge in [0.1, 0.15) is 11.3 Å². The summed E-state index contributed by atoms with van der Waals surface area (Å²) in [6.07, 6.45) is 3.97. The predicted molar refractivity (Wildman–Crippen MR) is 96.1 cm³/mol. The summed E-state index contributed by atoms with van der Waals surface area (Å²) in [6.45, 7) is 2.40. The number of carbonyl (C=O) groups excluding carboxylic acids is 1. The maximum absolute atomic E-state index is 12.6. The fourth-order valence-corrected chi connectivity index (χ4v) is 2.88. The van der Waals surface area contributed by atoms with Crippen LogP contribution in [-0.2, 0) is 6.42 Å². The van der Waals surface area contributed by atoms with Crippen LogP contribution >= 0.6 is 0 Å². The molecule has 7 heteroatoms. The molecule has 130 valence electrons. The third-order valence-electron chi connectivity index (χ3n) is 4.22. The molecule has 1 aromatic carbocycles. The number of amides is 1. The number of aromatic nitrogens is 4. The number of furan rings is 1. The second-order valence-electron chi connectivity index (χ2n) is 5.88. The SMILES string of the molecule is Cc1c(C(=O)NCCc2ccco2)cccc1-n1nnc2cccnc21. The first-order chi connectivity index (χ1) is 12.7. The molecule has 0 spiro atoms. The van der Waals surface area contributed by atoms with Crippen LogP contribution < -0.4 is 5.32 Å². The number of carbonyl (C=O) groups is 1. The summed E-state index contributed by atoms with van der Waals surface area (Å²) in [7, 11) is 0. The zero-order valence-corrected chi connectivity index (χ0v) is 14.2. The van der Waals surface area contributed by atoms with Gasteiger partial charge >= 0.3 is 0 Å². The van der Waals surface area contributed by atoms with E-state index in [-0.39, 0.29) is 5.91 Å². The first-order valence-corrected chi connectivity index (χ1v) is 8.31. The molecule has 0 aliphatic heterocycles. The first kappa shape index (κ1) is 16.0. The zero-order valence-electron chi connectivity index (χ0n) is 14.2. The van der Waals surface area contributed by atoms with Crippen molar-refractivity contribution in [3.63, 3.8) is 0 Å². The van der Waals surface area contributed by atoms with Crippen LogP contribution in [0.5, 0.6) is 0 Å². The summed E-state index contributed by atoms with van der Waals surface area (Å²) in [5.74, 6) is 0.712. The minimum absolute atomic E-state index is 0.131. The van der Waals surface area contributed by atoms with Crippen molar-refractivity contribution in [2.75, 3.05) is 6.54 Å². The van der Waals surface area contributed by atoms with Crippen LogP contribution in [0.1, 0.15) is 21.7 Å². The Bertz CT molecular complexity index is 1050. The second kappa shape index (κ2) is 6.79. The average Bonchev–Trinajstić information content (AvgIpc) is 3.31. The largest absolute Gasteiger partial charge is 0.469 e.